The maximum atomic E-state index is 3.64. The van der Waals surface area contributed by atoms with Gasteiger partial charge in [-0.25, -0.2) is 0 Å². The Morgan fingerprint density at radius 1 is 1.59 bits per heavy atom. The van der Waals surface area contributed by atoms with Gasteiger partial charge in [0.05, 0.1) is 0 Å². The zero-order valence-corrected chi connectivity index (χ0v) is 11.8. The Balaban J connectivity index is 1.90. The van der Waals surface area contributed by atoms with Crippen LogP contribution in [0, 0.1) is 0 Å². The molecule has 1 saturated heterocycles. The Morgan fingerprint density at radius 2 is 2.47 bits per heavy atom. The van der Waals surface area contributed by atoms with Gasteiger partial charge in [-0.3, -0.25) is 4.90 Å². The number of thiophene rings is 1. The second-order valence-electron chi connectivity index (χ2n) is 5.09. The van der Waals surface area contributed by atoms with E-state index in [1.807, 2.05) is 0 Å². The van der Waals surface area contributed by atoms with Gasteiger partial charge in [0.15, 0.2) is 0 Å². The van der Waals surface area contributed by atoms with E-state index in [1.54, 1.807) is 11.3 Å². The fourth-order valence-electron chi connectivity index (χ4n) is 2.58. The molecule has 0 aliphatic carbocycles. The molecule has 1 aliphatic rings. The molecule has 1 N–H and O–H groups in total. The van der Waals surface area contributed by atoms with E-state index < -0.39 is 0 Å². The minimum Gasteiger partial charge on any atom is -0.313 e. The topological polar surface area (TPSA) is 15.3 Å². The molecule has 1 fully saturated rings. The fraction of sp³-hybridized carbons (Fsp3) is 0.714. The lowest BCUT2D eigenvalue weighted by molar-refractivity contribution is 0.202. The maximum Gasteiger partial charge on any atom is 0.0192 e. The highest BCUT2D eigenvalue weighted by Crippen LogP contribution is 2.14. The normalized spacial score (nSPS) is 24.5. The van der Waals surface area contributed by atoms with Crippen LogP contribution in [-0.4, -0.2) is 36.6 Å². The van der Waals surface area contributed by atoms with Crippen LogP contribution in [0.25, 0.3) is 0 Å². The fourth-order valence-corrected chi connectivity index (χ4v) is 3.26. The molecule has 0 spiro atoms. The Hall–Kier alpha value is -0.380. The van der Waals surface area contributed by atoms with Gasteiger partial charge in [0.2, 0.25) is 0 Å². The second-order valence-corrected chi connectivity index (χ2v) is 5.87. The number of hydrogen-bond donors (Lipinski definition) is 1. The van der Waals surface area contributed by atoms with Crippen LogP contribution in [0.2, 0.25) is 0 Å². The van der Waals surface area contributed by atoms with Crippen LogP contribution in [0.3, 0.4) is 0 Å². The Morgan fingerprint density at radius 3 is 3.18 bits per heavy atom. The quantitative estimate of drug-likeness (QED) is 0.886. The van der Waals surface area contributed by atoms with Crippen LogP contribution in [-0.2, 0) is 6.42 Å². The molecule has 0 bridgehead atoms. The van der Waals surface area contributed by atoms with E-state index in [4.69, 9.17) is 0 Å². The highest BCUT2D eigenvalue weighted by Gasteiger charge is 2.20. The first-order valence-electron chi connectivity index (χ1n) is 6.78. The molecule has 2 rings (SSSR count). The molecular formula is C14H24N2S. The standard InChI is InChI=1S/C14H24N2S/c1-3-14-10-16(7-4-6-15-14)12(2)9-13-5-8-17-11-13/h5,8,11-12,14-15H,3-4,6-7,9-10H2,1-2H3. The van der Waals surface area contributed by atoms with Crippen molar-refractivity contribution in [2.45, 2.75) is 45.2 Å². The lowest BCUT2D eigenvalue weighted by atomic mass is 10.1. The number of nitrogens with one attached hydrogen (secondary N) is 1. The molecule has 0 radical (unpaired) electrons. The molecule has 2 atom stereocenters. The lowest BCUT2D eigenvalue weighted by Crippen LogP contribution is -2.42. The van der Waals surface area contributed by atoms with Gasteiger partial charge in [0.1, 0.15) is 0 Å². The zero-order chi connectivity index (χ0) is 12.1. The van der Waals surface area contributed by atoms with Crippen molar-refractivity contribution in [1.82, 2.24) is 10.2 Å². The van der Waals surface area contributed by atoms with Crippen molar-refractivity contribution >= 4 is 11.3 Å². The number of rotatable bonds is 4. The van der Waals surface area contributed by atoms with Crippen LogP contribution in [0.5, 0.6) is 0 Å². The monoisotopic (exact) mass is 252 g/mol. The summed E-state index contributed by atoms with van der Waals surface area (Å²) in [5, 5.41) is 8.10. The molecule has 2 nitrogen and oxygen atoms in total. The summed E-state index contributed by atoms with van der Waals surface area (Å²) in [6.45, 7) is 8.29. The van der Waals surface area contributed by atoms with Crippen molar-refractivity contribution < 1.29 is 0 Å². The molecule has 0 saturated carbocycles. The van der Waals surface area contributed by atoms with Crippen LogP contribution in [0.4, 0.5) is 0 Å². The Kier molecular flexibility index (Phi) is 5.01. The van der Waals surface area contributed by atoms with Gasteiger partial charge in [-0.2, -0.15) is 11.3 Å². The summed E-state index contributed by atoms with van der Waals surface area (Å²) >= 11 is 1.81. The van der Waals surface area contributed by atoms with Crippen LogP contribution in [0.1, 0.15) is 32.3 Å². The molecule has 1 aromatic heterocycles. The summed E-state index contributed by atoms with van der Waals surface area (Å²) in [6.07, 6.45) is 3.71. The average Bonchev–Trinajstić information content (AvgIpc) is 2.71. The summed E-state index contributed by atoms with van der Waals surface area (Å²) in [5.74, 6) is 0. The minimum atomic E-state index is 0.665. The smallest absolute Gasteiger partial charge is 0.0192 e. The Labute approximate surface area is 109 Å². The van der Waals surface area contributed by atoms with Gasteiger partial charge in [0.25, 0.3) is 0 Å². The second kappa shape index (κ2) is 6.53. The van der Waals surface area contributed by atoms with Crippen molar-refractivity contribution in [3.8, 4) is 0 Å². The van der Waals surface area contributed by atoms with Gasteiger partial charge in [-0.15, -0.1) is 0 Å². The first kappa shape index (κ1) is 13.1. The van der Waals surface area contributed by atoms with Crippen LogP contribution >= 0.6 is 11.3 Å². The molecule has 2 heterocycles. The largest absolute Gasteiger partial charge is 0.313 e. The molecule has 1 aliphatic heterocycles. The van der Waals surface area contributed by atoms with E-state index in [1.165, 1.54) is 44.5 Å². The summed E-state index contributed by atoms with van der Waals surface area (Å²) in [6, 6.07) is 3.61. The van der Waals surface area contributed by atoms with Gasteiger partial charge in [0, 0.05) is 18.6 Å². The summed E-state index contributed by atoms with van der Waals surface area (Å²) in [4.78, 5) is 2.66. The van der Waals surface area contributed by atoms with E-state index in [-0.39, 0.29) is 0 Å². The predicted molar refractivity (Wildman–Crippen MR) is 75.8 cm³/mol. The van der Waals surface area contributed by atoms with Gasteiger partial charge < -0.3 is 5.32 Å². The van der Waals surface area contributed by atoms with Gasteiger partial charge in [-0.1, -0.05) is 6.92 Å². The molecule has 0 amide bonds. The number of nitrogens with zero attached hydrogens (tertiary/aromatic N) is 1. The maximum absolute atomic E-state index is 3.64. The van der Waals surface area contributed by atoms with E-state index in [0.717, 1.165) is 0 Å². The third-order valence-electron chi connectivity index (χ3n) is 3.74. The molecule has 0 aromatic carbocycles. The van der Waals surface area contributed by atoms with E-state index in [9.17, 15) is 0 Å². The zero-order valence-electron chi connectivity index (χ0n) is 11.0. The molecule has 17 heavy (non-hydrogen) atoms. The number of hydrogen-bond acceptors (Lipinski definition) is 3. The molecular weight excluding hydrogens is 228 g/mol. The highest BCUT2D eigenvalue weighted by molar-refractivity contribution is 7.07. The highest BCUT2D eigenvalue weighted by atomic mass is 32.1. The first-order valence-corrected chi connectivity index (χ1v) is 7.72. The van der Waals surface area contributed by atoms with Crippen molar-refractivity contribution in [3.05, 3.63) is 22.4 Å². The SMILES string of the molecule is CCC1CN(C(C)Cc2ccsc2)CCCN1. The molecule has 3 heteroatoms. The first-order chi connectivity index (χ1) is 8.29. The van der Waals surface area contributed by atoms with Gasteiger partial charge in [-0.05, 0) is 61.7 Å². The summed E-state index contributed by atoms with van der Waals surface area (Å²) < 4.78 is 0. The molecule has 1 aromatic rings. The predicted octanol–water partition coefficient (Wildman–Crippen LogP) is 2.75. The van der Waals surface area contributed by atoms with E-state index in [2.05, 4.69) is 40.9 Å². The van der Waals surface area contributed by atoms with Crippen molar-refractivity contribution in [3.63, 3.8) is 0 Å². The van der Waals surface area contributed by atoms with Gasteiger partial charge >= 0.3 is 0 Å². The van der Waals surface area contributed by atoms with Crippen molar-refractivity contribution in [2.75, 3.05) is 19.6 Å². The van der Waals surface area contributed by atoms with Crippen molar-refractivity contribution in [1.29, 1.82) is 0 Å². The molecule has 96 valence electrons. The van der Waals surface area contributed by atoms with Crippen LogP contribution in [0.15, 0.2) is 16.8 Å². The van der Waals surface area contributed by atoms with Crippen molar-refractivity contribution in [2.24, 2.45) is 0 Å². The summed E-state index contributed by atoms with van der Waals surface area (Å²) in [5.41, 5.74) is 1.49. The van der Waals surface area contributed by atoms with Crippen LogP contribution < -0.4 is 5.32 Å². The van der Waals surface area contributed by atoms with E-state index in [0.29, 0.717) is 12.1 Å². The summed E-state index contributed by atoms with van der Waals surface area (Å²) in [7, 11) is 0. The average molecular weight is 252 g/mol. The third-order valence-corrected chi connectivity index (χ3v) is 4.47. The minimum absolute atomic E-state index is 0.665. The lowest BCUT2D eigenvalue weighted by Gasteiger charge is -2.29. The Bertz CT molecular complexity index is 310. The third kappa shape index (κ3) is 3.80. The molecule has 2 unspecified atom stereocenters. The van der Waals surface area contributed by atoms with E-state index >= 15 is 0 Å².